The van der Waals surface area contributed by atoms with Crippen LogP contribution in [0.4, 0.5) is 13.2 Å². The average molecular weight is 540 g/mol. The van der Waals surface area contributed by atoms with Crippen LogP contribution in [0.3, 0.4) is 0 Å². The van der Waals surface area contributed by atoms with E-state index in [9.17, 15) is 18.0 Å². The first-order chi connectivity index (χ1) is 18.1. The van der Waals surface area contributed by atoms with E-state index in [1.807, 2.05) is 24.3 Å². The molecule has 0 heterocycles. The number of rotatable bonds is 17. The van der Waals surface area contributed by atoms with Crippen LogP contribution in [-0.4, -0.2) is 42.2 Å². The largest absolute Gasteiger partial charge is 0.490 e. The number of carbonyl (C=O) groups is 2. The van der Waals surface area contributed by atoms with Gasteiger partial charge in [0.1, 0.15) is 0 Å². The topological polar surface area (TPSA) is 118 Å². The van der Waals surface area contributed by atoms with E-state index in [4.69, 9.17) is 21.4 Å². The Morgan fingerprint density at radius 2 is 1.53 bits per heavy atom. The molecule has 9 heteroatoms. The molecule has 1 atom stereocenters. The van der Waals surface area contributed by atoms with Crippen LogP contribution in [0.5, 0.6) is 0 Å². The predicted octanol–water partition coefficient (Wildman–Crippen LogP) is 6.34. The predicted molar refractivity (Wildman–Crippen MR) is 147 cm³/mol. The van der Waals surface area contributed by atoms with Gasteiger partial charge in [0.15, 0.2) is 5.78 Å². The Bertz CT molecular complexity index is 967. The highest BCUT2D eigenvalue weighted by Gasteiger charge is 2.38. The van der Waals surface area contributed by atoms with Crippen molar-refractivity contribution >= 4 is 22.5 Å². The molecule has 0 unspecified atom stereocenters. The van der Waals surface area contributed by atoms with Gasteiger partial charge in [-0.05, 0) is 48.7 Å². The highest BCUT2D eigenvalue weighted by atomic mass is 19.4. The first-order valence-corrected chi connectivity index (χ1v) is 13.6. The Hall–Kier alpha value is -2.49. The zero-order valence-electron chi connectivity index (χ0n) is 22.5. The molecule has 2 aromatic carbocycles. The zero-order chi connectivity index (χ0) is 28.4. The van der Waals surface area contributed by atoms with Crippen LogP contribution in [0.25, 0.3) is 10.8 Å². The summed E-state index contributed by atoms with van der Waals surface area (Å²) in [6, 6.07) is 11.8. The molecule has 6 nitrogen and oxygen atoms in total. The SMILES string of the molecule is CCCCCCCCCCNCc1c(C(=O)[C@@H](N)CCCCN)ccc2ccccc12.O=C(O)C(F)(F)F. The second-order valence-electron chi connectivity index (χ2n) is 9.52. The summed E-state index contributed by atoms with van der Waals surface area (Å²) in [6.45, 7) is 4.59. The lowest BCUT2D eigenvalue weighted by atomic mass is 9.92. The smallest absolute Gasteiger partial charge is 0.475 e. The summed E-state index contributed by atoms with van der Waals surface area (Å²) in [5.74, 6) is -2.71. The number of nitrogens with two attached hydrogens (primary N) is 2. The van der Waals surface area contributed by atoms with E-state index >= 15 is 0 Å². The standard InChI is InChI=1S/C27H43N3O.C2HF3O2/c1-2-3-4-5-6-7-8-13-20-30-21-25-23-15-10-9-14-22(23)17-18-24(25)27(31)26(29)16-11-12-19-28;3-2(4,5)1(6)7/h9-10,14-15,17-18,26,30H,2-8,11-13,16,19-21,28-29H2,1H3;(H,6,7)/t26-;/m0./s1. The number of carboxylic acids is 1. The van der Waals surface area contributed by atoms with Gasteiger partial charge in [0, 0.05) is 12.1 Å². The molecule has 2 rings (SSSR count). The van der Waals surface area contributed by atoms with E-state index in [1.165, 1.54) is 56.8 Å². The Balaban J connectivity index is 0.000000905. The van der Waals surface area contributed by atoms with Crippen molar-refractivity contribution in [3.63, 3.8) is 0 Å². The van der Waals surface area contributed by atoms with Crippen molar-refractivity contribution in [2.24, 2.45) is 11.5 Å². The Kier molecular flexibility index (Phi) is 16.5. The third kappa shape index (κ3) is 12.8. The lowest BCUT2D eigenvalue weighted by molar-refractivity contribution is -0.192. The van der Waals surface area contributed by atoms with Crippen LogP contribution in [0.2, 0.25) is 0 Å². The lowest BCUT2D eigenvalue weighted by Crippen LogP contribution is -2.32. The van der Waals surface area contributed by atoms with Crippen LogP contribution in [-0.2, 0) is 11.3 Å². The summed E-state index contributed by atoms with van der Waals surface area (Å²) in [4.78, 5) is 22.0. The molecule has 0 aliphatic heterocycles. The number of hydrogen-bond donors (Lipinski definition) is 4. The van der Waals surface area contributed by atoms with Crippen LogP contribution < -0.4 is 16.8 Å². The number of carbonyl (C=O) groups excluding carboxylic acids is 1. The van der Waals surface area contributed by atoms with Crippen molar-refractivity contribution in [2.45, 2.75) is 96.3 Å². The number of aliphatic carboxylic acids is 1. The Labute approximate surface area is 224 Å². The van der Waals surface area contributed by atoms with Gasteiger partial charge in [-0.2, -0.15) is 13.2 Å². The number of ketones is 1. The summed E-state index contributed by atoms with van der Waals surface area (Å²) in [5, 5.41) is 13.0. The second-order valence-corrected chi connectivity index (χ2v) is 9.52. The number of nitrogens with one attached hydrogen (secondary N) is 1. The molecule has 0 aliphatic carbocycles. The molecule has 0 saturated heterocycles. The maximum Gasteiger partial charge on any atom is 0.490 e. The van der Waals surface area contributed by atoms with Gasteiger partial charge in [0.2, 0.25) is 0 Å². The van der Waals surface area contributed by atoms with Crippen LogP contribution in [0, 0.1) is 0 Å². The highest BCUT2D eigenvalue weighted by molar-refractivity contribution is 6.05. The quantitative estimate of drug-likeness (QED) is 0.138. The van der Waals surface area contributed by atoms with Crippen molar-refractivity contribution in [3.05, 3.63) is 47.5 Å². The molecular weight excluding hydrogens is 495 g/mol. The summed E-state index contributed by atoms with van der Waals surface area (Å²) >= 11 is 0. The monoisotopic (exact) mass is 539 g/mol. The number of unbranched alkanes of at least 4 members (excludes halogenated alkanes) is 8. The molecule has 0 aliphatic rings. The number of Topliss-reactive ketones (excluding diaryl/α,β-unsaturated/α-hetero) is 1. The number of halogens is 3. The fourth-order valence-electron chi connectivity index (χ4n) is 4.19. The van der Waals surface area contributed by atoms with Crippen molar-refractivity contribution in [1.82, 2.24) is 5.32 Å². The molecular formula is C29H44F3N3O3. The van der Waals surface area contributed by atoms with E-state index in [0.717, 1.165) is 35.9 Å². The van der Waals surface area contributed by atoms with E-state index in [-0.39, 0.29) is 5.78 Å². The Morgan fingerprint density at radius 1 is 0.921 bits per heavy atom. The van der Waals surface area contributed by atoms with Gasteiger partial charge >= 0.3 is 12.1 Å². The molecule has 214 valence electrons. The van der Waals surface area contributed by atoms with Gasteiger partial charge in [-0.3, -0.25) is 4.79 Å². The van der Waals surface area contributed by atoms with Gasteiger partial charge in [0.25, 0.3) is 0 Å². The average Bonchev–Trinajstić information content (AvgIpc) is 2.89. The van der Waals surface area contributed by atoms with Crippen LogP contribution >= 0.6 is 0 Å². The first-order valence-electron chi connectivity index (χ1n) is 13.6. The third-order valence-electron chi connectivity index (χ3n) is 6.36. The minimum absolute atomic E-state index is 0.0478. The highest BCUT2D eigenvalue weighted by Crippen LogP contribution is 2.24. The molecule has 0 saturated carbocycles. The summed E-state index contributed by atoms with van der Waals surface area (Å²) < 4.78 is 31.7. The normalized spacial score (nSPS) is 12.2. The van der Waals surface area contributed by atoms with Gasteiger partial charge in [0.05, 0.1) is 6.04 Å². The lowest BCUT2D eigenvalue weighted by Gasteiger charge is -2.17. The molecule has 0 fully saturated rings. The van der Waals surface area contributed by atoms with Crippen molar-refractivity contribution in [1.29, 1.82) is 0 Å². The van der Waals surface area contributed by atoms with Crippen molar-refractivity contribution < 1.29 is 27.9 Å². The maximum absolute atomic E-state index is 13.1. The molecule has 0 bridgehead atoms. The van der Waals surface area contributed by atoms with Crippen molar-refractivity contribution in [3.8, 4) is 0 Å². The van der Waals surface area contributed by atoms with E-state index in [2.05, 4.69) is 24.4 Å². The second kappa shape index (κ2) is 18.7. The minimum Gasteiger partial charge on any atom is -0.475 e. The molecule has 0 amide bonds. The third-order valence-corrected chi connectivity index (χ3v) is 6.36. The molecule has 0 radical (unpaired) electrons. The van der Waals surface area contributed by atoms with Crippen LogP contribution in [0.15, 0.2) is 36.4 Å². The zero-order valence-corrected chi connectivity index (χ0v) is 22.5. The number of fused-ring (bicyclic) bond motifs is 1. The molecule has 6 N–H and O–H groups in total. The number of alkyl halides is 3. The molecule has 38 heavy (non-hydrogen) atoms. The van der Waals surface area contributed by atoms with E-state index < -0.39 is 18.2 Å². The number of hydrogen-bond acceptors (Lipinski definition) is 5. The first kappa shape index (κ1) is 33.5. The summed E-state index contributed by atoms with van der Waals surface area (Å²) in [6.07, 6.45) is 7.95. The fraction of sp³-hybridized carbons (Fsp3) is 0.586. The van der Waals surface area contributed by atoms with Gasteiger partial charge in [-0.25, -0.2) is 4.79 Å². The van der Waals surface area contributed by atoms with E-state index in [0.29, 0.717) is 19.5 Å². The number of benzene rings is 2. The fourth-order valence-corrected chi connectivity index (χ4v) is 4.19. The molecule has 2 aromatic rings. The van der Waals surface area contributed by atoms with Crippen LogP contribution in [0.1, 0.15) is 93.5 Å². The molecule has 0 spiro atoms. The van der Waals surface area contributed by atoms with E-state index in [1.54, 1.807) is 0 Å². The Morgan fingerprint density at radius 3 is 2.13 bits per heavy atom. The minimum atomic E-state index is -5.08. The summed E-state index contributed by atoms with van der Waals surface area (Å²) in [7, 11) is 0. The number of carboxylic acid groups (broad SMARTS) is 1. The van der Waals surface area contributed by atoms with Gasteiger partial charge in [-0.15, -0.1) is 0 Å². The molecule has 0 aromatic heterocycles. The van der Waals surface area contributed by atoms with Gasteiger partial charge < -0.3 is 21.9 Å². The van der Waals surface area contributed by atoms with Gasteiger partial charge in [-0.1, -0.05) is 94.7 Å². The maximum atomic E-state index is 13.1. The summed E-state index contributed by atoms with van der Waals surface area (Å²) in [5.41, 5.74) is 13.7. The van der Waals surface area contributed by atoms with Crippen molar-refractivity contribution in [2.75, 3.05) is 13.1 Å².